The minimum atomic E-state index is 0.103. The molecule has 0 amide bonds. The third-order valence-corrected chi connectivity index (χ3v) is 14.2. The molecular weight excluding hydrogens is 739 g/mol. The van der Waals surface area contributed by atoms with E-state index in [1.165, 1.54) is 107 Å². The summed E-state index contributed by atoms with van der Waals surface area (Å²) in [5.41, 5.74) is 12.4. The second-order valence-corrected chi connectivity index (χ2v) is 17.4. The van der Waals surface area contributed by atoms with E-state index in [1.807, 2.05) is 22.7 Å². The first-order chi connectivity index (χ1) is 28.7. The highest BCUT2D eigenvalue weighted by Gasteiger charge is 2.20. The fourth-order valence-electron chi connectivity index (χ4n) is 9.21. The van der Waals surface area contributed by atoms with E-state index >= 15 is 0 Å². The van der Waals surface area contributed by atoms with Crippen molar-refractivity contribution < 1.29 is 0 Å². The molecule has 0 N–H and O–H groups in total. The second kappa shape index (κ2) is 13.4. The molecule has 3 aromatic heterocycles. The van der Waals surface area contributed by atoms with Gasteiger partial charge in [-0.1, -0.05) is 140 Å². The van der Waals surface area contributed by atoms with Crippen LogP contribution in [0.2, 0.25) is 0 Å². The van der Waals surface area contributed by atoms with Gasteiger partial charge < -0.3 is 4.57 Å². The van der Waals surface area contributed by atoms with Gasteiger partial charge in [0.05, 0.1) is 11.0 Å². The van der Waals surface area contributed by atoms with Crippen LogP contribution >= 0.6 is 22.7 Å². The number of hydrogen-bond donors (Lipinski definition) is 0. The van der Waals surface area contributed by atoms with Crippen LogP contribution in [0.25, 0.3) is 90.1 Å². The molecule has 0 radical (unpaired) electrons. The summed E-state index contributed by atoms with van der Waals surface area (Å²) in [6.45, 7) is 0. The van der Waals surface area contributed by atoms with Crippen molar-refractivity contribution in [3.05, 3.63) is 223 Å². The number of nitrogens with zero attached hydrogens (tertiary/aromatic N) is 1. The lowest BCUT2D eigenvalue weighted by Gasteiger charge is -2.20. The average molecular weight is 774 g/mol. The van der Waals surface area contributed by atoms with Gasteiger partial charge in [-0.3, -0.25) is 0 Å². The van der Waals surface area contributed by atoms with Gasteiger partial charge in [-0.05, 0) is 106 Å². The summed E-state index contributed by atoms with van der Waals surface area (Å²) in [4.78, 5) is 0. The maximum Gasteiger partial charge on any atom is 0.0541 e. The van der Waals surface area contributed by atoms with E-state index in [-0.39, 0.29) is 5.92 Å². The predicted octanol–water partition coefficient (Wildman–Crippen LogP) is 16.0. The molecule has 1 unspecified atom stereocenters. The number of thiophene rings is 2. The van der Waals surface area contributed by atoms with Crippen LogP contribution in [0.3, 0.4) is 0 Å². The number of aromatic nitrogens is 1. The number of para-hydroxylation sites is 1. The van der Waals surface area contributed by atoms with Gasteiger partial charge in [-0.25, -0.2) is 0 Å². The van der Waals surface area contributed by atoms with Gasteiger partial charge in [0, 0.05) is 62.7 Å². The standard InChI is InChI=1S/C55H35NS2/c1-2-12-35(13-3-1)55(41-25-28-53-47(33-41)44-19-5-8-22-51(44)57-53)40-17-11-16-38(31-40)36-14-10-15-37(30-36)39-24-27-50-46(32-39)43-18-4-7-21-49(43)56(50)42-26-29-54-48(34-42)45-20-6-9-23-52(45)58-54/h1-34,55H. The number of fused-ring (bicyclic) bond motifs is 9. The Morgan fingerprint density at radius 2 is 0.828 bits per heavy atom. The van der Waals surface area contributed by atoms with E-state index in [1.54, 1.807) is 0 Å². The Balaban J connectivity index is 0.946. The van der Waals surface area contributed by atoms with Crippen molar-refractivity contribution in [1.82, 2.24) is 4.57 Å². The minimum Gasteiger partial charge on any atom is -0.309 e. The zero-order chi connectivity index (χ0) is 38.2. The summed E-state index contributed by atoms with van der Waals surface area (Å²) in [6, 6.07) is 76.5. The molecule has 0 aliphatic rings. The summed E-state index contributed by atoms with van der Waals surface area (Å²) in [6.07, 6.45) is 0. The van der Waals surface area contributed by atoms with Crippen molar-refractivity contribution in [2.45, 2.75) is 5.92 Å². The van der Waals surface area contributed by atoms with Crippen molar-refractivity contribution in [3.8, 4) is 27.9 Å². The Kier molecular flexibility index (Phi) is 7.72. The molecule has 0 fully saturated rings. The molecule has 3 heteroatoms. The zero-order valence-electron chi connectivity index (χ0n) is 31.5. The maximum atomic E-state index is 2.43. The largest absolute Gasteiger partial charge is 0.309 e. The molecule has 12 rings (SSSR count). The van der Waals surface area contributed by atoms with Gasteiger partial charge in [-0.15, -0.1) is 22.7 Å². The third-order valence-electron chi connectivity index (χ3n) is 11.9. The monoisotopic (exact) mass is 773 g/mol. The van der Waals surface area contributed by atoms with Gasteiger partial charge >= 0.3 is 0 Å². The Hall–Kier alpha value is -6.78. The van der Waals surface area contributed by atoms with E-state index in [4.69, 9.17) is 0 Å². The smallest absolute Gasteiger partial charge is 0.0541 e. The predicted molar refractivity (Wildman–Crippen MR) is 251 cm³/mol. The first-order valence-corrected chi connectivity index (χ1v) is 21.5. The van der Waals surface area contributed by atoms with Crippen LogP contribution in [0.1, 0.15) is 22.6 Å². The van der Waals surface area contributed by atoms with Gasteiger partial charge in [0.2, 0.25) is 0 Å². The van der Waals surface area contributed by atoms with Crippen molar-refractivity contribution in [1.29, 1.82) is 0 Å². The topological polar surface area (TPSA) is 4.93 Å². The molecule has 3 heterocycles. The summed E-state index contributed by atoms with van der Waals surface area (Å²) in [7, 11) is 0. The van der Waals surface area contributed by atoms with Crippen LogP contribution in [0.5, 0.6) is 0 Å². The lowest BCUT2D eigenvalue weighted by atomic mass is 9.83. The molecule has 0 saturated carbocycles. The van der Waals surface area contributed by atoms with Crippen molar-refractivity contribution >= 4 is 84.8 Å². The fourth-order valence-corrected chi connectivity index (χ4v) is 11.4. The normalized spacial score (nSPS) is 12.4. The van der Waals surface area contributed by atoms with Crippen molar-refractivity contribution in [3.63, 3.8) is 0 Å². The molecule has 58 heavy (non-hydrogen) atoms. The van der Waals surface area contributed by atoms with Gasteiger partial charge in [0.25, 0.3) is 0 Å². The van der Waals surface area contributed by atoms with Crippen LogP contribution in [0.15, 0.2) is 206 Å². The average Bonchev–Trinajstić information content (AvgIpc) is 3.96. The van der Waals surface area contributed by atoms with E-state index in [9.17, 15) is 0 Å². The number of rotatable bonds is 6. The Morgan fingerprint density at radius 3 is 1.59 bits per heavy atom. The van der Waals surface area contributed by atoms with Crippen molar-refractivity contribution in [2.75, 3.05) is 0 Å². The van der Waals surface area contributed by atoms with E-state index < -0.39 is 0 Å². The molecule has 272 valence electrons. The van der Waals surface area contributed by atoms with Crippen molar-refractivity contribution in [2.24, 2.45) is 0 Å². The second-order valence-electron chi connectivity index (χ2n) is 15.3. The molecular formula is C55H35NS2. The first-order valence-electron chi connectivity index (χ1n) is 19.9. The van der Waals surface area contributed by atoms with Crippen LogP contribution < -0.4 is 0 Å². The molecule has 12 aromatic rings. The lowest BCUT2D eigenvalue weighted by Crippen LogP contribution is -2.03. The Bertz CT molecular complexity index is 3530. The third kappa shape index (κ3) is 5.43. The quantitative estimate of drug-likeness (QED) is 0.148. The summed E-state index contributed by atoms with van der Waals surface area (Å²) in [5.74, 6) is 0.103. The fraction of sp³-hybridized carbons (Fsp3) is 0.0182. The highest BCUT2D eigenvalue weighted by molar-refractivity contribution is 7.26. The zero-order valence-corrected chi connectivity index (χ0v) is 33.1. The van der Waals surface area contributed by atoms with E-state index in [0.717, 1.165) is 0 Å². The molecule has 0 bridgehead atoms. The summed E-state index contributed by atoms with van der Waals surface area (Å²) < 4.78 is 7.75. The van der Waals surface area contributed by atoms with E-state index in [2.05, 4.69) is 211 Å². The first kappa shape index (κ1) is 33.4. The van der Waals surface area contributed by atoms with Crippen LogP contribution in [0, 0.1) is 0 Å². The van der Waals surface area contributed by atoms with Crippen LogP contribution in [-0.4, -0.2) is 4.57 Å². The summed E-state index contributed by atoms with van der Waals surface area (Å²) in [5, 5.41) is 7.82. The van der Waals surface area contributed by atoms with Crippen LogP contribution in [0.4, 0.5) is 0 Å². The SMILES string of the molecule is c1ccc(C(c2cccc(-c3cccc(-c4ccc5c(c4)c4ccccc4n5-c4ccc5sc6ccccc6c5c4)c3)c2)c2ccc3sc4ccccc4c3c2)cc1. The molecule has 0 aliphatic heterocycles. The van der Waals surface area contributed by atoms with E-state index in [0.29, 0.717) is 0 Å². The lowest BCUT2D eigenvalue weighted by molar-refractivity contribution is 0.981. The number of benzene rings is 9. The molecule has 0 aliphatic carbocycles. The molecule has 0 saturated heterocycles. The molecule has 1 atom stereocenters. The van der Waals surface area contributed by atoms with Gasteiger partial charge in [0.15, 0.2) is 0 Å². The summed E-state index contributed by atoms with van der Waals surface area (Å²) >= 11 is 3.74. The molecule has 9 aromatic carbocycles. The molecule has 1 nitrogen and oxygen atoms in total. The minimum absolute atomic E-state index is 0.103. The Labute approximate surface area is 344 Å². The number of hydrogen-bond acceptors (Lipinski definition) is 2. The maximum absolute atomic E-state index is 2.43. The Morgan fingerprint density at radius 1 is 0.293 bits per heavy atom. The highest BCUT2D eigenvalue weighted by atomic mass is 32.1. The highest BCUT2D eigenvalue weighted by Crippen LogP contribution is 2.42. The van der Waals surface area contributed by atoms with Crippen LogP contribution in [-0.2, 0) is 0 Å². The van der Waals surface area contributed by atoms with Gasteiger partial charge in [0.1, 0.15) is 0 Å². The van der Waals surface area contributed by atoms with Gasteiger partial charge in [-0.2, -0.15) is 0 Å². The molecule has 0 spiro atoms.